The molecule has 1 aromatic rings. The molecule has 0 radical (unpaired) electrons. The van der Waals surface area contributed by atoms with Crippen molar-refractivity contribution < 1.29 is 27.3 Å². The van der Waals surface area contributed by atoms with Crippen LogP contribution in [0, 0.1) is 41.4 Å². The number of aliphatic hydroxyl groups excluding tert-OH is 1. The molecule has 2 heterocycles. The lowest BCUT2D eigenvalue weighted by Crippen LogP contribution is -2.56. The lowest BCUT2D eigenvalue weighted by atomic mass is 9.45. The Bertz CT molecular complexity index is 1150. The standard InChI is InChI=1S/C24H40NO2.C7H8O3S/c1-23-9-8-17-16(7-6-15-12-20-21(27-20)14-24(15,17)2)18(23)13-19(22(23)26)25(3)10-4-5-11-25;1-6-2-4-7(5-3-6)11(8,9)10/h15-22,26H,4-14H2,1-3H3;2-5H,1H3,(H,8,9,10)/q+1;/p-1/t15-,16?,17?,18?,19-,20+,21-,22+,23-,24-;/m0./s1. The zero-order valence-corrected chi connectivity index (χ0v) is 24.5. The van der Waals surface area contributed by atoms with Gasteiger partial charge in [0.1, 0.15) is 22.3 Å². The van der Waals surface area contributed by atoms with Gasteiger partial charge in [-0.2, -0.15) is 0 Å². The van der Waals surface area contributed by atoms with Crippen LogP contribution in [0.5, 0.6) is 0 Å². The monoisotopic (exact) mass is 545 g/mol. The summed E-state index contributed by atoms with van der Waals surface area (Å²) in [6.45, 7) is 9.50. The number of fused-ring (bicyclic) bond motifs is 6. The maximum Gasteiger partial charge on any atom is 0.124 e. The van der Waals surface area contributed by atoms with Crippen LogP contribution in [0.25, 0.3) is 0 Å². The second-order valence-corrected chi connectivity index (χ2v) is 15.9. The number of rotatable bonds is 2. The second kappa shape index (κ2) is 9.27. The minimum atomic E-state index is -4.27. The average Bonchev–Trinajstić information content (AvgIpc) is 3.35. The van der Waals surface area contributed by atoms with Crippen LogP contribution in [0.4, 0.5) is 0 Å². The van der Waals surface area contributed by atoms with Gasteiger partial charge < -0.3 is 18.9 Å². The summed E-state index contributed by atoms with van der Waals surface area (Å²) in [6, 6.07) is 6.28. The molecule has 212 valence electrons. The molecule has 2 saturated heterocycles. The molecule has 3 unspecified atom stereocenters. The lowest BCUT2D eigenvalue weighted by molar-refractivity contribution is -0.925. The normalized spacial score (nSPS) is 46.6. The summed E-state index contributed by atoms with van der Waals surface area (Å²) in [5.41, 5.74) is 1.61. The molecule has 4 saturated carbocycles. The predicted molar refractivity (Wildman–Crippen MR) is 145 cm³/mol. The zero-order chi connectivity index (χ0) is 27.1. The van der Waals surface area contributed by atoms with E-state index in [-0.39, 0.29) is 16.4 Å². The summed E-state index contributed by atoms with van der Waals surface area (Å²) in [5.74, 6) is 3.39. The number of likely N-dealkylation sites (N-methyl/N-ethyl adjacent to an activating group) is 1. The fourth-order valence-electron chi connectivity index (χ4n) is 10.2. The third-order valence-electron chi connectivity index (χ3n) is 12.6. The number of hydrogen-bond acceptors (Lipinski definition) is 5. The number of benzene rings is 1. The minimum Gasteiger partial charge on any atom is -0.744 e. The number of hydrogen-bond donors (Lipinski definition) is 1. The summed E-state index contributed by atoms with van der Waals surface area (Å²) in [7, 11) is -1.82. The smallest absolute Gasteiger partial charge is 0.124 e. The van der Waals surface area contributed by atoms with Gasteiger partial charge in [-0.05, 0) is 86.7 Å². The first-order valence-corrected chi connectivity index (χ1v) is 16.5. The van der Waals surface area contributed by atoms with E-state index in [0.29, 0.717) is 23.7 Å². The molecule has 1 aromatic carbocycles. The Morgan fingerprint density at radius 1 is 0.974 bits per heavy atom. The molecule has 4 aliphatic carbocycles. The van der Waals surface area contributed by atoms with Crippen LogP contribution in [0.3, 0.4) is 0 Å². The third-order valence-corrected chi connectivity index (χ3v) is 13.4. The second-order valence-electron chi connectivity index (χ2n) is 14.5. The van der Waals surface area contributed by atoms with Crippen molar-refractivity contribution in [3.8, 4) is 0 Å². The molecule has 0 amide bonds. The Morgan fingerprint density at radius 3 is 2.32 bits per heavy atom. The van der Waals surface area contributed by atoms with Crippen molar-refractivity contribution in [1.82, 2.24) is 0 Å². The first-order valence-electron chi connectivity index (χ1n) is 15.1. The number of quaternary nitrogens is 1. The molecule has 0 aromatic heterocycles. The van der Waals surface area contributed by atoms with Gasteiger partial charge in [-0.15, -0.1) is 0 Å². The van der Waals surface area contributed by atoms with Crippen LogP contribution in [0.1, 0.15) is 77.2 Å². The number of epoxide rings is 1. The SMILES string of the molecule is C[C@]12CCC3C(CC[C@H]4C[C@H]5O[C@H]5C[C@]34C)C1C[C@H]([N+]1(C)CCCC1)[C@H]2O.Cc1ccc(S(=O)(=O)[O-])cc1. The largest absolute Gasteiger partial charge is 0.744 e. The topological polar surface area (TPSA) is 90.0 Å². The van der Waals surface area contributed by atoms with Crippen LogP contribution < -0.4 is 0 Å². The molecule has 0 spiro atoms. The summed E-state index contributed by atoms with van der Waals surface area (Å²) in [5, 5.41) is 11.6. The molecule has 6 fully saturated rings. The molecule has 1 N–H and O–H groups in total. The van der Waals surface area contributed by atoms with Crippen molar-refractivity contribution >= 4 is 10.1 Å². The summed E-state index contributed by atoms with van der Waals surface area (Å²) >= 11 is 0. The average molecular weight is 546 g/mol. The molecular weight excluding hydrogens is 498 g/mol. The van der Waals surface area contributed by atoms with Gasteiger partial charge in [-0.25, -0.2) is 8.42 Å². The van der Waals surface area contributed by atoms with E-state index < -0.39 is 10.1 Å². The van der Waals surface area contributed by atoms with E-state index >= 15 is 0 Å². The molecule has 6 nitrogen and oxygen atoms in total. The Labute approximate surface area is 229 Å². The predicted octanol–water partition coefficient (Wildman–Crippen LogP) is 4.89. The fourth-order valence-corrected chi connectivity index (χ4v) is 10.7. The molecule has 6 aliphatic rings. The highest BCUT2D eigenvalue weighted by molar-refractivity contribution is 7.85. The number of likely N-dealkylation sites (tertiary alicyclic amines) is 1. The zero-order valence-electron chi connectivity index (χ0n) is 23.6. The van der Waals surface area contributed by atoms with Crippen LogP contribution in [-0.4, -0.2) is 67.1 Å². The molecule has 7 rings (SSSR count). The van der Waals surface area contributed by atoms with Crippen molar-refractivity contribution in [1.29, 1.82) is 0 Å². The van der Waals surface area contributed by atoms with Crippen molar-refractivity contribution in [2.75, 3.05) is 20.1 Å². The van der Waals surface area contributed by atoms with E-state index in [9.17, 15) is 18.1 Å². The summed E-state index contributed by atoms with van der Waals surface area (Å²) in [4.78, 5) is -0.178. The van der Waals surface area contributed by atoms with Crippen LogP contribution in [-0.2, 0) is 14.9 Å². The maximum absolute atomic E-state index is 11.6. The van der Waals surface area contributed by atoms with Crippen molar-refractivity contribution in [2.45, 2.75) is 108 Å². The van der Waals surface area contributed by atoms with E-state index in [1.54, 1.807) is 12.1 Å². The highest BCUT2D eigenvalue weighted by atomic mass is 32.2. The first kappa shape index (κ1) is 27.2. The number of aliphatic hydroxyl groups is 1. The maximum atomic E-state index is 11.6. The van der Waals surface area contributed by atoms with Gasteiger partial charge in [0.15, 0.2) is 0 Å². The number of ether oxygens (including phenoxy) is 1. The minimum absolute atomic E-state index is 0.0837. The fraction of sp³-hybridized carbons (Fsp3) is 0.806. The van der Waals surface area contributed by atoms with Gasteiger partial charge in [-0.3, -0.25) is 0 Å². The Hall–Kier alpha value is -0.990. The Kier molecular flexibility index (Phi) is 6.63. The molecule has 2 aliphatic heterocycles. The van der Waals surface area contributed by atoms with Gasteiger partial charge in [-0.1, -0.05) is 31.5 Å². The molecular formula is C31H47NO5S. The molecule has 38 heavy (non-hydrogen) atoms. The molecule has 7 heteroatoms. The summed E-state index contributed by atoms with van der Waals surface area (Å²) in [6.07, 6.45) is 13.3. The van der Waals surface area contributed by atoms with Crippen LogP contribution in [0.2, 0.25) is 0 Å². The van der Waals surface area contributed by atoms with Crippen molar-refractivity contribution in [3.05, 3.63) is 29.8 Å². The van der Waals surface area contributed by atoms with Gasteiger partial charge in [0.05, 0.1) is 37.2 Å². The third kappa shape index (κ3) is 4.39. The van der Waals surface area contributed by atoms with E-state index in [1.165, 1.54) is 83.0 Å². The number of nitrogens with zero attached hydrogens (tertiary/aromatic N) is 1. The van der Waals surface area contributed by atoms with Crippen LogP contribution >= 0.6 is 0 Å². The highest BCUT2D eigenvalue weighted by Gasteiger charge is 2.67. The van der Waals surface area contributed by atoms with Gasteiger partial charge in [0, 0.05) is 24.7 Å². The highest BCUT2D eigenvalue weighted by Crippen LogP contribution is 2.68. The quantitative estimate of drug-likeness (QED) is 0.325. The Morgan fingerprint density at radius 2 is 1.66 bits per heavy atom. The van der Waals surface area contributed by atoms with Crippen LogP contribution in [0.15, 0.2) is 29.2 Å². The number of aryl methyl sites for hydroxylation is 1. The molecule has 0 bridgehead atoms. The lowest BCUT2D eigenvalue weighted by Gasteiger charge is -2.59. The van der Waals surface area contributed by atoms with Gasteiger partial charge in [0.2, 0.25) is 0 Å². The molecule has 10 atom stereocenters. The van der Waals surface area contributed by atoms with Gasteiger partial charge in [0.25, 0.3) is 0 Å². The first-order chi connectivity index (χ1) is 17.8. The van der Waals surface area contributed by atoms with E-state index in [1.807, 2.05) is 6.92 Å². The van der Waals surface area contributed by atoms with Gasteiger partial charge >= 0.3 is 0 Å². The Balaban J connectivity index is 0.000000204. The van der Waals surface area contributed by atoms with Crippen molar-refractivity contribution in [2.24, 2.45) is 34.5 Å². The van der Waals surface area contributed by atoms with Crippen molar-refractivity contribution in [3.63, 3.8) is 0 Å². The summed E-state index contributed by atoms with van der Waals surface area (Å²) < 4.78 is 38.3. The van der Waals surface area contributed by atoms with E-state index in [0.717, 1.165) is 33.7 Å². The van der Waals surface area contributed by atoms with E-state index in [4.69, 9.17) is 4.74 Å². The van der Waals surface area contributed by atoms with E-state index in [2.05, 4.69) is 20.9 Å².